The summed E-state index contributed by atoms with van der Waals surface area (Å²) < 4.78 is 0. The van der Waals surface area contributed by atoms with Crippen molar-refractivity contribution in [1.29, 1.82) is 0 Å². The molecule has 0 aromatic rings. The van der Waals surface area contributed by atoms with Gasteiger partial charge in [0.25, 0.3) is 0 Å². The van der Waals surface area contributed by atoms with Crippen molar-refractivity contribution >= 4 is 10.4 Å². The Morgan fingerprint density at radius 2 is 1.30 bits per heavy atom. The summed E-state index contributed by atoms with van der Waals surface area (Å²) in [6.07, 6.45) is 0. The first-order valence-corrected chi connectivity index (χ1v) is 8.51. The van der Waals surface area contributed by atoms with E-state index in [1.54, 1.807) is 0 Å². The number of hydrazine groups is 1. The van der Waals surface area contributed by atoms with Crippen LogP contribution in [0.4, 0.5) is 0 Å². The Balaban J connectivity index is 3.65. The van der Waals surface area contributed by atoms with Gasteiger partial charge in [-0.15, -0.1) is 0 Å². The Kier molecular flexibility index (Phi) is 4.64. The second-order valence-corrected chi connectivity index (χ2v) is 9.25. The van der Waals surface area contributed by atoms with Gasteiger partial charge in [0.05, 0.1) is 0 Å². The van der Waals surface area contributed by atoms with Gasteiger partial charge in [-0.1, -0.05) is 69.2 Å². The molecule has 0 aromatic carbocycles. The molecule has 0 saturated heterocycles. The van der Waals surface area contributed by atoms with Gasteiger partial charge in [0, 0.05) is 5.54 Å². The molecule has 3 radical (unpaired) electrons. The van der Waals surface area contributed by atoms with Crippen molar-refractivity contribution in [2.24, 2.45) is 34.0 Å². The van der Waals surface area contributed by atoms with Crippen LogP contribution in [0.2, 0.25) is 0 Å². The van der Waals surface area contributed by atoms with Crippen LogP contribution in [0, 0.1) is 34.0 Å². The van der Waals surface area contributed by atoms with Gasteiger partial charge in [-0.05, 0) is 34.0 Å². The molecule has 1 aliphatic carbocycles. The molecule has 117 valence electrons. The highest BCUT2D eigenvalue weighted by molar-refractivity contribution is 6.03. The quantitative estimate of drug-likeness (QED) is 0.607. The van der Waals surface area contributed by atoms with Crippen molar-refractivity contribution in [3.8, 4) is 0 Å². The standard InChI is InChI=1S/C17H35N2Si/c1-11(2)13-14(5,6)16(9,10)17(12(3)4,18-19-20)15(13,7)8/h11-13,18-19H,1-10H3. The van der Waals surface area contributed by atoms with Crippen LogP contribution in [0.15, 0.2) is 0 Å². The smallest absolute Gasteiger partial charge is 0.161 e. The van der Waals surface area contributed by atoms with E-state index in [0.717, 1.165) is 0 Å². The first-order chi connectivity index (χ1) is 8.82. The lowest BCUT2D eigenvalue weighted by Gasteiger charge is -2.55. The second-order valence-electron chi connectivity index (χ2n) is 9.00. The topological polar surface area (TPSA) is 24.1 Å². The fourth-order valence-corrected chi connectivity index (χ4v) is 6.74. The predicted octanol–water partition coefficient (Wildman–Crippen LogP) is 3.92. The Morgan fingerprint density at radius 3 is 1.55 bits per heavy atom. The van der Waals surface area contributed by atoms with Crippen molar-refractivity contribution in [2.45, 2.75) is 74.8 Å². The fourth-order valence-electron chi connectivity index (χ4n) is 6.54. The summed E-state index contributed by atoms with van der Waals surface area (Å²) in [7, 11) is 3.45. The molecule has 0 spiro atoms. The highest BCUT2D eigenvalue weighted by atomic mass is 28.2. The third kappa shape index (κ3) is 1.89. The lowest BCUT2D eigenvalue weighted by Crippen LogP contribution is -2.68. The Labute approximate surface area is 130 Å². The maximum atomic E-state index is 3.64. The second kappa shape index (κ2) is 5.10. The van der Waals surface area contributed by atoms with Crippen LogP contribution >= 0.6 is 0 Å². The van der Waals surface area contributed by atoms with Gasteiger partial charge < -0.3 is 0 Å². The average Bonchev–Trinajstić information content (AvgIpc) is 2.30. The van der Waals surface area contributed by atoms with Gasteiger partial charge in [-0.2, -0.15) is 0 Å². The summed E-state index contributed by atoms with van der Waals surface area (Å²) in [4.78, 5) is 0. The minimum absolute atomic E-state index is 0.0141. The van der Waals surface area contributed by atoms with Gasteiger partial charge in [-0.25, -0.2) is 0 Å². The van der Waals surface area contributed by atoms with E-state index >= 15 is 0 Å². The lowest BCUT2D eigenvalue weighted by atomic mass is 9.57. The number of hydrogen-bond donors (Lipinski definition) is 2. The van der Waals surface area contributed by atoms with Gasteiger partial charge >= 0.3 is 0 Å². The van der Waals surface area contributed by atoms with E-state index in [-0.39, 0.29) is 21.8 Å². The summed E-state index contributed by atoms with van der Waals surface area (Å²) in [5.41, 5.74) is 4.25. The number of rotatable bonds is 4. The maximum Gasteiger partial charge on any atom is 0.161 e. The zero-order valence-corrected chi connectivity index (χ0v) is 16.2. The SMILES string of the molecule is CC(C)C1C(C)(C)C(C)(C)C(NN[Si])(C(C)C)C1(C)C. The van der Waals surface area contributed by atoms with E-state index in [1.165, 1.54) is 0 Å². The fraction of sp³-hybridized carbons (Fsp3) is 1.00. The van der Waals surface area contributed by atoms with Crippen LogP contribution in [0.1, 0.15) is 69.2 Å². The molecule has 1 fully saturated rings. The van der Waals surface area contributed by atoms with Crippen molar-refractivity contribution in [2.75, 3.05) is 0 Å². The number of hydrogen-bond acceptors (Lipinski definition) is 2. The van der Waals surface area contributed by atoms with Crippen molar-refractivity contribution in [3.05, 3.63) is 0 Å². The normalized spacial score (nSPS) is 35.0. The molecule has 0 aliphatic heterocycles. The molecule has 2 unspecified atom stereocenters. The molecule has 1 saturated carbocycles. The molecule has 2 atom stereocenters. The molecular formula is C17H35N2Si. The van der Waals surface area contributed by atoms with Crippen LogP contribution in [0.25, 0.3) is 0 Å². The van der Waals surface area contributed by atoms with Crippen LogP contribution in [-0.4, -0.2) is 15.9 Å². The molecule has 0 bridgehead atoms. The first kappa shape index (κ1) is 18.2. The van der Waals surface area contributed by atoms with Gasteiger partial charge in [0.15, 0.2) is 10.4 Å². The Hall–Kier alpha value is 0.137. The number of nitrogens with one attached hydrogen (secondary N) is 2. The van der Waals surface area contributed by atoms with E-state index in [0.29, 0.717) is 17.8 Å². The summed E-state index contributed by atoms with van der Waals surface area (Å²) in [5, 5.41) is 3.10. The van der Waals surface area contributed by atoms with Crippen molar-refractivity contribution in [3.63, 3.8) is 0 Å². The van der Waals surface area contributed by atoms with E-state index in [1.807, 2.05) is 0 Å². The monoisotopic (exact) mass is 295 g/mol. The van der Waals surface area contributed by atoms with Crippen LogP contribution in [0.3, 0.4) is 0 Å². The molecule has 3 heteroatoms. The third-order valence-electron chi connectivity index (χ3n) is 6.96. The predicted molar refractivity (Wildman–Crippen MR) is 89.3 cm³/mol. The van der Waals surface area contributed by atoms with E-state index in [4.69, 9.17) is 0 Å². The molecule has 1 rings (SSSR count). The minimum atomic E-state index is 0.0141. The molecule has 2 N–H and O–H groups in total. The zero-order valence-electron chi connectivity index (χ0n) is 15.2. The summed E-state index contributed by atoms with van der Waals surface area (Å²) in [6.45, 7) is 24.1. The molecule has 1 aliphatic rings. The lowest BCUT2D eigenvalue weighted by molar-refractivity contribution is -0.0162. The first-order valence-electron chi connectivity index (χ1n) is 8.01. The van der Waals surface area contributed by atoms with Gasteiger partial charge in [-0.3, -0.25) is 10.5 Å². The summed E-state index contributed by atoms with van der Waals surface area (Å²) in [6, 6.07) is 0. The molecular weight excluding hydrogens is 260 g/mol. The Morgan fingerprint density at radius 1 is 0.850 bits per heavy atom. The van der Waals surface area contributed by atoms with Crippen LogP contribution in [0.5, 0.6) is 0 Å². The summed E-state index contributed by atoms with van der Waals surface area (Å²) in [5.74, 6) is 1.84. The van der Waals surface area contributed by atoms with Gasteiger partial charge in [0.1, 0.15) is 0 Å². The average molecular weight is 296 g/mol. The molecule has 0 amide bonds. The molecule has 0 aromatic heterocycles. The summed E-state index contributed by atoms with van der Waals surface area (Å²) >= 11 is 0. The van der Waals surface area contributed by atoms with E-state index in [2.05, 4.69) is 90.2 Å². The molecule has 20 heavy (non-hydrogen) atoms. The molecule has 2 nitrogen and oxygen atoms in total. The van der Waals surface area contributed by atoms with Crippen LogP contribution < -0.4 is 10.5 Å². The van der Waals surface area contributed by atoms with Crippen molar-refractivity contribution in [1.82, 2.24) is 10.5 Å². The van der Waals surface area contributed by atoms with Crippen molar-refractivity contribution < 1.29 is 0 Å². The minimum Gasteiger partial charge on any atom is -0.283 e. The highest BCUT2D eigenvalue weighted by Gasteiger charge is 2.72. The van der Waals surface area contributed by atoms with Gasteiger partial charge in [0.2, 0.25) is 0 Å². The maximum absolute atomic E-state index is 3.64. The zero-order chi connectivity index (χ0) is 16.1. The van der Waals surface area contributed by atoms with E-state index < -0.39 is 0 Å². The largest absolute Gasteiger partial charge is 0.283 e. The van der Waals surface area contributed by atoms with E-state index in [9.17, 15) is 0 Å². The third-order valence-corrected chi connectivity index (χ3v) is 7.09. The molecule has 0 heterocycles. The Bertz CT molecular complexity index is 358. The highest BCUT2D eigenvalue weighted by Crippen LogP contribution is 2.71. The van der Waals surface area contributed by atoms with Crippen LogP contribution in [-0.2, 0) is 0 Å².